The maximum Gasteiger partial charge on any atom is 0.316 e. The summed E-state index contributed by atoms with van der Waals surface area (Å²) in [5.41, 5.74) is 0.682. The molecule has 20 nitrogen and oxygen atoms in total. The quantitative estimate of drug-likeness (QED) is 0.0205. The van der Waals surface area contributed by atoms with Gasteiger partial charge in [0.2, 0.25) is 11.9 Å². The summed E-state index contributed by atoms with van der Waals surface area (Å²) >= 11 is 4.05. The van der Waals surface area contributed by atoms with Crippen LogP contribution in [0, 0.1) is 23.7 Å². The Morgan fingerprint density at radius 1 is 0.347 bits per heavy atom. The first-order valence-electron chi connectivity index (χ1n) is 34.5. The molecule has 0 amide bonds. The molecule has 2 aliphatic rings. The van der Waals surface area contributed by atoms with E-state index < -0.39 is 47.0 Å². The van der Waals surface area contributed by atoms with Crippen LogP contribution in [0.5, 0.6) is 0 Å². The second kappa shape index (κ2) is 38.7. The molecule has 24 heteroatoms. The van der Waals surface area contributed by atoms with Crippen LogP contribution in [0.1, 0.15) is 222 Å². The fraction of sp³-hybridized carbons (Fsp3) is 0.486. The van der Waals surface area contributed by atoms with Crippen molar-refractivity contribution in [3.05, 3.63) is 117 Å². The van der Waals surface area contributed by atoms with Gasteiger partial charge in [0.1, 0.15) is 0 Å². The van der Waals surface area contributed by atoms with E-state index in [0.29, 0.717) is 0 Å². The van der Waals surface area contributed by atoms with Crippen molar-refractivity contribution >= 4 is 117 Å². The minimum absolute atomic E-state index is 0.0747. The zero-order chi connectivity index (χ0) is 70.1. The van der Waals surface area contributed by atoms with Gasteiger partial charge in [0.05, 0.1) is 71.9 Å². The van der Waals surface area contributed by atoms with Gasteiger partial charge in [0, 0.05) is 33.4 Å². The normalized spacial score (nSPS) is 13.5. The monoisotopic (exact) mass is 1410 g/mol. The van der Waals surface area contributed by atoms with Gasteiger partial charge < -0.3 is 29.6 Å². The summed E-state index contributed by atoms with van der Waals surface area (Å²) in [4.78, 5) is 142. The Morgan fingerprint density at radius 3 is 0.847 bits per heavy atom. The first-order valence-corrected chi connectivity index (χ1v) is 38.4. The van der Waals surface area contributed by atoms with Crippen LogP contribution in [0.15, 0.2) is 93.4 Å². The average Bonchev–Trinajstić information content (AvgIpc) is 0.722. The van der Waals surface area contributed by atoms with E-state index in [2.05, 4.69) is 95.9 Å². The van der Waals surface area contributed by atoms with Gasteiger partial charge in [-0.2, -0.15) is 29.9 Å². The van der Waals surface area contributed by atoms with E-state index in [-0.39, 0.29) is 173 Å². The van der Waals surface area contributed by atoms with Gasteiger partial charge in [0.15, 0.2) is 43.8 Å². The molecule has 2 N–H and O–H groups in total. The minimum atomic E-state index is -0.545. The van der Waals surface area contributed by atoms with Crippen LogP contribution in [-0.4, -0.2) is 126 Å². The third-order valence-electron chi connectivity index (χ3n) is 17.5. The number of hydrogen-bond donors (Lipinski definition) is 2. The number of nitrogens with zero attached hydrogens (tertiary/aromatic N) is 6. The highest BCUT2D eigenvalue weighted by Crippen LogP contribution is 2.45. The maximum absolute atomic E-state index is 15.3. The summed E-state index contributed by atoms with van der Waals surface area (Å²) in [7, 11) is 0. The largest absolute Gasteiger partial charge is 0.465 e. The van der Waals surface area contributed by atoms with Crippen molar-refractivity contribution in [2.75, 3.05) is 60.1 Å². The van der Waals surface area contributed by atoms with E-state index in [9.17, 15) is 19.2 Å². The van der Waals surface area contributed by atoms with E-state index in [1.54, 1.807) is 72.8 Å². The second-order valence-electron chi connectivity index (χ2n) is 24.5. The molecular weight excluding hydrogens is 1320 g/mol. The predicted molar refractivity (Wildman–Crippen MR) is 385 cm³/mol. The zero-order valence-electron chi connectivity index (χ0n) is 57.4. The molecule has 2 heterocycles. The van der Waals surface area contributed by atoms with Crippen LogP contribution in [0.2, 0.25) is 0 Å². The van der Waals surface area contributed by atoms with Gasteiger partial charge in [-0.3, -0.25) is 38.4 Å². The van der Waals surface area contributed by atoms with E-state index in [4.69, 9.17) is 18.9 Å². The molecule has 4 unspecified atom stereocenters. The Kier molecular flexibility index (Phi) is 30.1. The Morgan fingerprint density at radius 2 is 0.602 bits per heavy atom. The van der Waals surface area contributed by atoms with Crippen LogP contribution in [-0.2, 0) is 38.1 Å². The zero-order valence-corrected chi connectivity index (χ0v) is 60.7. The average molecular weight is 1410 g/mol. The summed E-state index contributed by atoms with van der Waals surface area (Å²) in [6.45, 7) is 17.9. The predicted octanol–water partition coefficient (Wildman–Crippen LogP) is 16.2. The number of ketones is 4. The molecule has 2 aromatic heterocycles. The minimum Gasteiger partial charge on any atom is -0.465 e. The lowest BCUT2D eigenvalue weighted by Gasteiger charge is -2.26. The number of esters is 4. The van der Waals surface area contributed by atoms with Crippen molar-refractivity contribution in [2.45, 2.75) is 179 Å². The fourth-order valence-corrected chi connectivity index (χ4v) is 14.1. The molecule has 6 aromatic rings. The van der Waals surface area contributed by atoms with E-state index in [0.717, 1.165) is 150 Å². The number of thioether (sulfide) groups is 4. The topological polar surface area (TPSA) is 275 Å². The molecule has 4 aromatic carbocycles. The van der Waals surface area contributed by atoms with E-state index in [1.165, 1.54) is 0 Å². The van der Waals surface area contributed by atoms with Crippen molar-refractivity contribution in [3.63, 3.8) is 0 Å². The number of benzene rings is 4. The van der Waals surface area contributed by atoms with Gasteiger partial charge in [-0.15, -0.1) is 0 Å². The van der Waals surface area contributed by atoms with E-state index in [1.807, 2.05) is 0 Å². The molecule has 4 atom stereocenters. The van der Waals surface area contributed by atoms with Crippen LogP contribution in [0.25, 0.3) is 11.1 Å². The SMILES string of the molecule is CCCCC(CC)COC(=O)CSc1nc(Nc2ccc(-c3ccc(Nc4nc(SCC(=O)OCC(CC)CCCC)nc(SCC(=O)OCC(CC)CCCC)n4)c4c3C(=O)c3ccccc3C4=O)c3c2C(=O)c2ccccc2C3=O)nc(SCC(=O)OCC(CC)CCCC)n1. The number of fused-ring (bicyclic) bond motifs is 4. The summed E-state index contributed by atoms with van der Waals surface area (Å²) in [5.74, 6) is -3.85. The molecule has 0 fully saturated rings. The Bertz CT molecular complexity index is 3470. The molecule has 0 spiro atoms. The molecule has 0 saturated heterocycles. The molecule has 0 saturated carbocycles. The van der Waals surface area contributed by atoms with Crippen LogP contribution in [0.4, 0.5) is 23.3 Å². The number of ether oxygens (including phenoxy) is 4. The number of nitrogens with one attached hydrogen (secondary N) is 2. The lowest BCUT2D eigenvalue weighted by atomic mass is 9.75. The van der Waals surface area contributed by atoms with Gasteiger partial charge in [-0.25, -0.2) is 0 Å². The van der Waals surface area contributed by atoms with Gasteiger partial charge in [-0.05, 0) is 72.6 Å². The van der Waals surface area contributed by atoms with Crippen molar-refractivity contribution in [3.8, 4) is 11.1 Å². The highest BCUT2D eigenvalue weighted by atomic mass is 32.2. The smallest absolute Gasteiger partial charge is 0.316 e. The number of carbonyl (C=O) groups is 8. The summed E-state index contributed by atoms with van der Waals surface area (Å²) in [5, 5.41) is 6.82. The Balaban J connectivity index is 1.18. The first kappa shape index (κ1) is 76.2. The molecule has 522 valence electrons. The highest BCUT2D eigenvalue weighted by Gasteiger charge is 2.39. The highest BCUT2D eigenvalue weighted by molar-refractivity contribution is 8.00. The Hall–Kier alpha value is -7.54. The van der Waals surface area contributed by atoms with Gasteiger partial charge in [0.25, 0.3) is 0 Å². The summed E-state index contributed by atoms with van der Waals surface area (Å²) < 4.78 is 22.8. The molecule has 0 aliphatic heterocycles. The molecule has 0 radical (unpaired) electrons. The lowest BCUT2D eigenvalue weighted by Crippen LogP contribution is -2.25. The van der Waals surface area contributed by atoms with E-state index >= 15 is 19.2 Å². The van der Waals surface area contributed by atoms with Crippen LogP contribution in [0.3, 0.4) is 0 Å². The summed E-state index contributed by atoms with van der Waals surface area (Å²) in [6, 6.07) is 19.1. The van der Waals surface area contributed by atoms with Crippen molar-refractivity contribution in [2.24, 2.45) is 23.7 Å². The van der Waals surface area contributed by atoms with Crippen molar-refractivity contribution in [1.29, 1.82) is 0 Å². The molecule has 0 bridgehead atoms. The number of rotatable bonds is 41. The molecular formula is C74H90N8O12S4. The number of unbranched alkanes of at least 4 members (excludes halogenated alkanes) is 4. The maximum atomic E-state index is 15.3. The summed E-state index contributed by atoms with van der Waals surface area (Å²) in [6.07, 6.45) is 15.4. The fourth-order valence-electron chi connectivity index (χ4n) is 11.5. The second-order valence-corrected chi connectivity index (χ2v) is 28.3. The lowest BCUT2D eigenvalue weighted by molar-refractivity contribution is -0.142. The van der Waals surface area contributed by atoms with Crippen molar-refractivity contribution < 1.29 is 57.3 Å². The molecule has 8 rings (SSSR count). The number of carbonyl (C=O) groups excluding carboxylic acids is 8. The number of anilines is 4. The number of aromatic nitrogens is 6. The number of hydrogen-bond acceptors (Lipinski definition) is 24. The van der Waals surface area contributed by atoms with Gasteiger partial charge in [-0.1, -0.05) is 240 Å². The van der Waals surface area contributed by atoms with Crippen LogP contribution < -0.4 is 10.6 Å². The van der Waals surface area contributed by atoms with Crippen LogP contribution >= 0.6 is 47.0 Å². The molecule has 98 heavy (non-hydrogen) atoms. The first-order chi connectivity index (χ1) is 47.5. The third-order valence-corrected chi connectivity index (χ3v) is 20.8. The standard InChI is InChI=1S/C74H90N8O12S4/c1-9-17-25-45(13-5)37-91-57(83)41-95-71-77-69(78-72(81-71)96-42-58(84)92-38-46(14-6)26-18-10-2)75-55-35-33-49(61-63(55)67(89)53-31-23-21-29-51(53)65(61)87)50-34-36-56(64-62(50)66(88)52-30-22-24-32-54(52)68(64)90)76-70-79-73(97-43-59(85)93-39-47(15-7)27-19-11-3)82-74(80-70)98-44-60(86)94-40-48(16-8)28-20-12-4/h21-24,29-36,45-48H,9-20,25-28,37-44H2,1-8H3,(H,75,77,78,81)(H,76,79,80,82). The third kappa shape index (κ3) is 20.8. The molecule has 2 aliphatic carbocycles. The van der Waals surface area contributed by atoms with Gasteiger partial charge >= 0.3 is 23.9 Å². The Labute approximate surface area is 591 Å². The van der Waals surface area contributed by atoms with Crippen molar-refractivity contribution in [1.82, 2.24) is 29.9 Å².